The Hall–Kier alpha value is -2.69. The van der Waals surface area contributed by atoms with E-state index in [9.17, 15) is 14.4 Å². The van der Waals surface area contributed by atoms with Crippen LogP contribution in [0.25, 0.3) is 0 Å². The number of carbonyl (C=O) groups excluding carboxylic acids is 3. The predicted octanol–water partition coefficient (Wildman–Crippen LogP) is 2.52. The number of fused-ring (bicyclic) bond motifs is 1. The summed E-state index contributed by atoms with van der Waals surface area (Å²) in [5.41, 5.74) is 2.33. The second-order valence-electron chi connectivity index (χ2n) is 9.08. The minimum absolute atomic E-state index is 0.162. The Labute approximate surface area is 195 Å². The Balaban J connectivity index is 1.17. The fourth-order valence-corrected chi connectivity index (χ4v) is 4.83. The van der Waals surface area contributed by atoms with Gasteiger partial charge in [0.15, 0.2) is 0 Å². The topological polar surface area (TPSA) is 87.7 Å². The normalized spacial score (nSPS) is 20.9. The second-order valence-corrected chi connectivity index (χ2v) is 9.08. The molecule has 4 rings (SSSR count). The average molecular weight is 452 g/mol. The number of ether oxygens (including phenoxy) is 1. The van der Waals surface area contributed by atoms with Crippen LogP contribution in [0.4, 0.5) is 0 Å². The Morgan fingerprint density at radius 1 is 1.09 bits per heavy atom. The molecule has 7 nitrogen and oxygen atoms in total. The summed E-state index contributed by atoms with van der Waals surface area (Å²) < 4.78 is 5.69. The van der Waals surface area contributed by atoms with Gasteiger partial charge in [0.25, 0.3) is 5.91 Å². The third-order valence-electron chi connectivity index (χ3n) is 6.63. The van der Waals surface area contributed by atoms with Crippen molar-refractivity contribution in [2.75, 3.05) is 19.8 Å². The van der Waals surface area contributed by atoms with E-state index in [-0.39, 0.29) is 18.2 Å². The van der Waals surface area contributed by atoms with Gasteiger partial charge in [0.05, 0.1) is 6.61 Å². The van der Waals surface area contributed by atoms with Crippen molar-refractivity contribution in [3.8, 4) is 11.8 Å². The molecule has 1 saturated heterocycles. The molecule has 176 valence electrons. The van der Waals surface area contributed by atoms with Crippen molar-refractivity contribution < 1.29 is 19.1 Å². The van der Waals surface area contributed by atoms with Crippen LogP contribution in [-0.4, -0.2) is 54.5 Å². The molecule has 2 N–H and O–H groups in total. The molecule has 2 aliphatic heterocycles. The summed E-state index contributed by atoms with van der Waals surface area (Å²) in [5.74, 6) is 5.46. The maximum atomic E-state index is 12.7. The molecule has 33 heavy (non-hydrogen) atoms. The van der Waals surface area contributed by atoms with E-state index in [4.69, 9.17) is 4.74 Å². The molecule has 1 aromatic carbocycles. The second kappa shape index (κ2) is 11.4. The summed E-state index contributed by atoms with van der Waals surface area (Å²) in [4.78, 5) is 37.8. The summed E-state index contributed by atoms with van der Waals surface area (Å²) in [5, 5.41) is 5.95. The Morgan fingerprint density at radius 3 is 2.76 bits per heavy atom. The molecule has 2 fully saturated rings. The molecule has 1 aliphatic carbocycles. The molecule has 1 saturated carbocycles. The first kappa shape index (κ1) is 23.5. The maximum absolute atomic E-state index is 12.7. The molecule has 0 radical (unpaired) electrons. The van der Waals surface area contributed by atoms with Crippen LogP contribution in [0.5, 0.6) is 0 Å². The van der Waals surface area contributed by atoms with Crippen LogP contribution >= 0.6 is 0 Å². The smallest absolute Gasteiger partial charge is 0.255 e. The molecule has 3 amide bonds. The van der Waals surface area contributed by atoms with Crippen molar-refractivity contribution in [3.05, 3.63) is 34.9 Å². The van der Waals surface area contributed by atoms with Crippen molar-refractivity contribution in [3.63, 3.8) is 0 Å². The van der Waals surface area contributed by atoms with Gasteiger partial charge in [0.2, 0.25) is 11.8 Å². The zero-order chi connectivity index (χ0) is 23.0. The van der Waals surface area contributed by atoms with Crippen LogP contribution in [0.3, 0.4) is 0 Å². The SMILES string of the molecule is O=C1CCC(N2Cc3cc(C#CCCOCCCNC4CCCCC4)ccc3C2=O)C(=O)N1. The summed E-state index contributed by atoms with van der Waals surface area (Å²) in [6, 6.07) is 5.65. The van der Waals surface area contributed by atoms with Crippen LogP contribution in [0.2, 0.25) is 0 Å². The third-order valence-corrected chi connectivity index (χ3v) is 6.63. The molecule has 0 bridgehead atoms. The maximum Gasteiger partial charge on any atom is 0.255 e. The predicted molar refractivity (Wildman–Crippen MR) is 124 cm³/mol. The highest BCUT2D eigenvalue weighted by atomic mass is 16.5. The van der Waals surface area contributed by atoms with E-state index < -0.39 is 11.9 Å². The van der Waals surface area contributed by atoms with Crippen molar-refractivity contribution in [1.29, 1.82) is 0 Å². The number of benzene rings is 1. The van der Waals surface area contributed by atoms with Gasteiger partial charge in [-0.1, -0.05) is 31.1 Å². The average Bonchev–Trinajstić information content (AvgIpc) is 3.14. The van der Waals surface area contributed by atoms with Crippen molar-refractivity contribution in [2.45, 2.75) is 76.4 Å². The van der Waals surface area contributed by atoms with Gasteiger partial charge in [-0.2, -0.15) is 0 Å². The van der Waals surface area contributed by atoms with Crippen LogP contribution in [0, 0.1) is 11.8 Å². The Bertz CT molecular complexity index is 943. The first-order valence-electron chi connectivity index (χ1n) is 12.2. The largest absolute Gasteiger partial charge is 0.380 e. The molecular weight excluding hydrogens is 418 g/mol. The van der Waals surface area contributed by atoms with Gasteiger partial charge in [-0.25, -0.2) is 0 Å². The van der Waals surface area contributed by atoms with Gasteiger partial charge in [-0.05, 0) is 56.0 Å². The fourth-order valence-electron chi connectivity index (χ4n) is 4.83. The highest BCUT2D eigenvalue weighted by Crippen LogP contribution is 2.28. The van der Waals surface area contributed by atoms with E-state index in [1.807, 2.05) is 12.1 Å². The molecule has 2 heterocycles. The van der Waals surface area contributed by atoms with E-state index in [0.717, 1.165) is 30.7 Å². The summed E-state index contributed by atoms with van der Waals surface area (Å²) in [6.07, 6.45) is 9.01. The van der Waals surface area contributed by atoms with E-state index >= 15 is 0 Å². The van der Waals surface area contributed by atoms with Crippen LogP contribution in [0.15, 0.2) is 18.2 Å². The number of amides is 3. The lowest BCUT2D eigenvalue weighted by molar-refractivity contribution is -0.136. The van der Waals surface area contributed by atoms with Gasteiger partial charge in [-0.15, -0.1) is 0 Å². The van der Waals surface area contributed by atoms with Gasteiger partial charge < -0.3 is 15.0 Å². The monoisotopic (exact) mass is 451 g/mol. The molecule has 1 aromatic rings. The van der Waals surface area contributed by atoms with Crippen molar-refractivity contribution >= 4 is 17.7 Å². The lowest BCUT2D eigenvalue weighted by atomic mass is 9.95. The minimum atomic E-state index is -0.591. The zero-order valence-electron chi connectivity index (χ0n) is 19.2. The number of imide groups is 1. The summed E-state index contributed by atoms with van der Waals surface area (Å²) in [7, 11) is 0. The zero-order valence-corrected chi connectivity index (χ0v) is 19.2. The van der Waals surface area contributed by atoms with Crippen LogP contribution in [-0.2, 0) is 20.9 Å². The lowest BCUT2D eigenvalue weighted by Crippen LogP contribution is -2.52. The van der Waals surface area contributed by atoms with Gasteiger partial charge in [0.1, 0.15) is 6.04 Å². The molecule has 3 aliphatic rings. The number of nitrogens with one attached hydrogen (secondary N) is 2. The number of rotatable bonds is 8. The number of hydrogen-bond donors (Lipinski definition) is 2. The Morgan fingerprint density at radius 2 is 1.94 bits per heavy atom. The van der Waals surface area contributed by atoms with E-state index in [2.05, 4.69) is 22.5 Å². The van der Waals surface area contributed by atoms with Gasteiger partial charge in [0, 0.05) is 43.2 Å². The molecule has 0 spiro atoms. The molecular formula is C26H33N3O4. The quantitative estimate of drug-likeness (QED) is 0.360. The molecule has 7 heteroatoms. The third kappa shape index (κ3) is 6.21. The molecule has 1 unspecified atom stereocenters. The Kier molecular flexibility index (Phi) is 8.14. The van der Waals surface area contributed by atoms with Crippen LogP contribution in [0.1, 0.15) is 79.3 Å². The number of piperidine rings is 1. The minimum Gasteiger partial charge on any atom is -0.380 e. The highest BCUT2D eigenvalue weighted by Gasteiger charge is 2.38. The van der Waals surface area contributed by atoms with E-state index in [1.54, 1.807) is 11.0 Å². The standard InChI is InChI=1S/C26H33N3O4/c30-24-13-12-23(25(31)28-24)29-18-20-17-19(10-11-22(20)26(29)32)7-4-5-15-33-16-6-14-27-21-8-2-1-3-9-21/h10-11,17,21,23,27H,1-3,5-6,8-9,12-16,18H2,(H,28,30,31). The first-order chi connectivity index (χ1) is 16.1. The van der Waals surface area contributed by atoms with Crippen LogP contribution < -0.4 is 10.6 Å². The van der Waals surface area contributed by atoms with Crippen molar-refractivity contribution in [2.24, 2.45) is 0 Å². The van der Waals surface area contributed by atoms with Gasteiger partial charge in [-0.3, -0.25) is 19.7 Å². The first-order valence-corrected chi connectivity index (χ1v) is 12.2. The molecule has 1 atom stereocenters. The lowest BCUT2D eigenvalue weighted by Gasteiger charge is -2.29. The number of hydrogen-bond acceptors (Lipinski definition) is 5. The van der Waals surface area contributed by atoms with Gasteiger partial charge >= 0.3 is 0 Å². The molecule has 0 aromatic heterocycles. The summed E-state index contributed by atoms with van der Waals surface area (Å²) in [6.45, 7) is 2.75. The summed E-state index contributed by atoms with van der Waals surface area (Å²) >= 11 is 0. The highest BCUT2D eigenvalue weighted by molar-refractivity contribution is 6.05. The van der Waals surface area contributed by atoms with E-state index in [1.165, 1.54) is 32.1 Å². The number of carbonyl (C=O) groups is 3. The van der Waals surface area contributed by atoms with E-state index in [0.29, 0.717) is 37.6 Å². The fraction of sp³-hybridized carbons (Fsp3) is 0.577. The number of nitrogens with zero attached hydrogens (tertiary/aromatic N) is 1. The van der Waals surface area contributed by atoms with Crippen molar-refractivity contribution in [1.82, 2.24) is 15.5 Å².